The summed E-state index contributed by atoms with van der Waals surface area (Å²) in [6.45, 7) is 3.55. The molecule has 0 heterocycles. The molecule has 7 heteroatoms. The van der Waals surface area contributed by atoms with Crippen LogP contribution in [-0.4, -0.2) is 20.9 Å². The van der Waals surface area contributed by atoms with Crippen LogP contribution in [0.5, 0.6) is 0 Å². The fraction of sp³-hybridized carbons (Fsp3) is 0.208. The Balaban J connectivity index is 1.90. The minimum absolute atomic E-state index is 0.0698. The van der Waals surface area contributed by atoms with Crippen LogP contribution in [0.2, 0.25) is 5.02 Å². The van der Waals surface area contributed by atoms with Crippen LogP contribution in [0.1, 0.15) is 30.5 Å². The lowest BCUT2D eigenvalue weighted by atomic mass is 10.0. The van der Waals surface area contributed by atoms with Crippen molar-refractivity contribution in [3.05, 3.63) is 95.0 Å². The Kier molecular flexibility index (Phi) is 7.36. The van der Waals surface area contributed by atoms with Gasteiger partial charge in [0, 0.05) is 5.02 Å². The van der Waals surface area contributed by atoms with E-state index in [1.54, 1.807) is 12.1 Å². The first-order valence-electron chi connectivity index (χ1n) is 10.0. The quantitative estimate of drug-likeness (QED) is 0.512. The molecule has 5 nitrogen and oxygen atoms in total. The van der Waals surface area contributed by atoms with E-state index in [2.05, 4.69) is 5.32 Å². The molecular formula is C24H25ClN2O3S. The SMILES string of the molecule is CCC(NC(=O)CN(c1ccc(C)cc1)S(=O)(=O)c1ccc(Cl)cc1)c1ccccc1. The summed E-state index contributed by atoms with van der Waals surface area (Å²) in [5.41, 5.74) is 2.39. The van der Waals surface area contributed by atoms with Crippen molar-refractivity contribution >= 4 is 33.2 Å². The maximum atomic E-state index is 13.4. The fourth-order valence-electron chi connectivity index (χ4n) is 3.24. The second-order valence-corrected chi connectivity index (χ2v) is 9.54. The number of anilines is 1. The highest BCUT2D eigenvalue weighted by Gasteiger charge is 2.28. The minimum Gasteiger partial charge on any atom is -0.348 e. The van der Waals surface area contributed by atoms with Crippen LogP contribution in [0.15, 0.2) is 83.8 Å². The van der Waals surface area contributed by atoms with E-state index in [9.17, 15) is 13.2 Å². The highest BCUT2D eigenvalue weighted by atomic mass is 35.5. The van der Waals surface area contributed by atoms with E-state index < -0.39 is 10.0 Å². The van der Waals surface area contributed by atoms with Crippen LogP contribution >= 0.6 is 11.6 Å². The first-order valence-corrected chi connectivity index (χ1v) is 11.8. The molecule has 3 aromatic carbocycles. The van der Waals surface area contributed by atoms with Gasteiger partial charge in [-0.1, -0.05) is 66.6 Å². The van der Waals surface area contributed by atoms with Crippen molar-refractivity contribution in [2.75, 3.05) is 10.8 Å². The lowest BCUT2D eigenvalue weighted by Crippen LogP contribution is -2.42. The third-order valence-electron chi connectivity index (χ3n) is 4.96. The molecule has 3 aromatic rings. The van der Waals surface area contributed by atoms with Gasteiger partial charge in [0.2, 0.25) is 5.91 Å². The normalized spacial score (nSPS) is 12.2. The van der Waals surface area contributed by atoms with Crippen LogP contribution in [0, 0.1) is 6.92 Å². The lowest BCUT2D eigenvalue weighted by Gasteiger charge is -2.26. The van der Waals surface area contributed by atoms with E-state index in [0.717, 1.165) is 15.4 Å². The molecule has 0 radical (unpaired) electrons. The topological polar surface area (TPSA) is 66.5 Å². The van der Waals surface area contributed by atoms with E-state index in [1.807, 2.05) is 56.3 Å². The van der Waals surface area contributed by atoms with E-state index in [0.29, 0.717) is 17.1 Å². The van der Waals surface area contributed by atoms with Gasteiger partial charge in [0.25, 0.3) is 10.0 Å². The lowest BCUT2D eigenvalue weighted by molar-refractivity contribution is -0.120. The van der Waals surface area contributed by atoms with Crippen LogP contribution in [0.4, 0.5) is 5.69 Å². The van der Waals surface area contributed by atoms with Gasteiger partial charge in [-0.05, 0) is 55.3 Å². The van der Waals surface area contributed by atoms with Crippen LogP contribution in [0.3, 0.4) is 0 Å². The second-order valence-electron chi connectivity index (χ2n) is 7.24. The van der Waals surface area contributed by atoms with Gasteiger partial charge in [0.1, 0.15) is 6.54 Å². The Morgan fingerprint density at radius 2 is 1.58 bits per heavy atom. The largest absolute Gasteiger partial charge is 0.348 e. The number of nitrogens with zero attached hydrogens (tertiary/aromatic N) is 1. The zero-order chi connectivity index (χ0) is 22.4. The maximum Gasteiger partial charge on any atom is 0.264 e. The molecule has 0 aliphatic heterocycles. The molecule has 1 atom stereocenters. The van der Waals surface area contributed by atoms with Crippen molar-refractivity contribution in [1.82, 2.24) is 5.32 Å². The molecule has 0 saturated heterocycles. The molecule has 162 valence electrons. The Hall–Kier alpha value is -2.83. The molecule has 0 bridgehead atoms. The zero-order valence-electron chi connectivity index (χ0n) is 17.5. The van der Waals surface area contributed by atoms with Crippen molar-refractivity contribution in [2.45, 2.75) is 31.2 Å². The van der Waals surface area contributed by atoms with Gasteiger partial charge in [-0.25, -0.2) is 8.42 Å². The fourth-order valence-corrected chi connectivity index (χ4v) is 4.78. The van der Waals surface area contributed by atoms with E-state index >= 15 is 0 Å². The molecule has 0 aromatic heterocycles. The molecule has 0 fully saturated rings. The molecule has 0 spiro atoms. The number of carbonyl (C=O) groups is 1. The molecule has 3 rings (SSSR count). The number of halogens is 1. The molecule has 1 unspecified atom stereocenters. The number of rotatable bonds is 8. The van der Waals surface area contributed by atoms with Gasteiger partial charge in [-0.3, -0.25) is 9.10 Å². The number of hydrogen-bond acceptors (Lipinski definition) is 3. The molecule has 0 saturated carbocycles. The van der Waals surface area contributed by atoms with Crippen LogP contribution < -0.4 is 9.62 Å². The molecule has 1 amide bonds. The summed E-state index contributed by atoms with van der Waals surface area (Å²) < 4.78 is 27.9. The standard InChI is InChI=1S/C24H25ClN2O3S/c1-3-23(19-7-5-4-6-8-19)26-24(28)17-27(21-13-9-18(2)10-14-21)31(29,30)22-15-11-20(25)12-16-22/h4-16,23H,3,17H2,1-2H3,(H,26,28). The smallest absolute Gasteiger partial charge is 0.264 e. The number of benzene rings is 3. The van der Waals surface area contributed by atoms with Crippen molar-refractivity contribution in [2.24, 2.45) is 0 Å². The number of hydrogen-bond donors (Lipinski definition) is 1. The summed E-state index contributed by atoms with van der Waals surface area (Å²) in [7, 11) is -3.97. The Morgan fingerprint density at radius 3 is 2.16 bits per heavy atom. The van der Waals surface area contributed by atoms with Gasteiger partial charge in [-0.15, -0.1) is 0 Å². The molecule has 1 N–H and O–H groups in total. The molecule has 0 aliphatic carbocycles. The van der Waals surface area contributed by atoms with Crippen molar-refractivity contribution in [1.29, 1.82) is 0 Å². The highest BCUT2D eigenvalue weighted by Crippen LogP contribution is 2.25. The summed E-state index contributed by atoms with van der Waals surface area (Å²) in [6.07, 6.45) is 0.685. The summed E-state index contributed by atoms with van der Waals surface area (Å²) in [5.74, 6) is -0.381. The highest BCUT2D eigenvalue weighted by molar-refractivity contribution is 7.92. The average molecular weight is 457 g/mol. The number of sulfonamides is 1. The van der Waals surface area contributed by atoms with Gasteiger partial charge in [0.05, 0.1) is 16.6 Å². The van der Waals surface area contributed by atoms with Crippen LogP contribution in [0.25, 0.3) is 0 Å². The van der Waals surface area contributed by atoms with Crippen molar-refractivity contribution < 1.29 is 13.2 Å². The molecular weight excluding hydrogens is 432 g/mol. The van der Waals surface area contributed by atoms with Gasteiger partial charge >= 0.3 is 0 Å². The predicted octanol–water partition coefficient (Wildman–Crippen LogP) is 5.11. The summed E-state index contributed by atoms with van der Waals surface area (Å²) >= 11 is 5.92. The first-order chi connectivity index (χ1) is 14.8. The average Bonchev–Trinajstić information content (AvgIpc) is 2.77. The van der Waals surface area contributed by atoms with Crippen molar-refractivity contribution in [3.8, 4) is 0 Å². The third kappa shape index (κ3) is 5.66. The van der Waals surface area contributed by atoms with Gasteiger partial charge < -0.3 is 5.32 Å². The minimum atomic E-state index is -3.97. The maximum absolute atomic E-state index is 13.4. The van der Waals surface area contributed by atoms with Crippen LogP contribution in [-0.2, 0) is 14.8 Å². The monoisotopic (exact) mass is 456 g/mol. The number of nitrogens with one attached hydrogen (secondary N) is 1. The Morgan fingerprint density at radius 1 is 0.968 bits per heavy atom. The number of aryl methyl sites for hydroxylation is 1. The number of carbonyl (C=O) groups excluding carboxylic acids is 1. The summed E-state index contributed by atoms with van der Waals surface area (Å²) in [6, 6.07) is 22.4. The van der Waals surface area contributed by atoms with Gasteiger partial charge in [0.15, 0.2) is 0 Å². The van der Waals surface area contributed by atoms with Gasteiger partial charge in [-0.2, -0.15) is 0 Å². The predicted molar refractivity (Wildman–Crippen MR) is 125 cm³/mol. The summed E-state index contributed by atoms with van der Waals surface area (Å²) in [4.78, 5) is 13.0. The second kappa shape index (κ2) is 9.98. The third-order valence-corrected chi connectivity index (χ3v) is 7.00. The number of amides is 1. The molecule has 0 aliphatic rings. The molecule has 31 heavy (non-hydrogen) atoms. The van der Waals surface area contributed by atoms with Crippen molar-refractivity contribution in [3.63, 3.8) is 0 Å². The Labute approximate surface area is 188 Å². The van der Waals surface area contributed by atoms with E-state index in [-0.39, 0.29) is 23.4 Å². The Bertz CT molecular complexity index is 1120. The summed E-state index contributed by atoms with van der Waals surface area (Å²) in [5, 5.41) is 3.40. The van der Waals surface area contributed by atoms with E-state index in [1.165, 1.54) is 24.3 Å². The van der Waals surface area contributed by atoms with E-state index in [4.69, 9.17) is 11.6 Å². The first kappa shape index (κ1) is 22.8. The zero-order valence-corrected chi connectivity index (χ0v) is 19.0.